The second-order valence-corrected chi connectivity index (χ2v) is 3.72. The number of hydrogen-bond donors (Lipinski definition) is 1. The SMILES string of the molecule is C=Cc1cc2c(C=C)cccc2cc1C(=O)O. The highest BCUT2D eigenvalue weighted by molar-refractivity contribution is 6.00. The number of benzene rings is 2. The molecule has 0 spiro atoms. The third kappa shape index (κ3) is 1.85. The van der Waals surface area contributed by atoms with Crippen molar-refractivity contribution in [3.05, 3.63) is 60.2 Å². The van der Waals surface area contributed by atoms with Crippen LogP contribution in [0.1, 0.15) is 21.5 Å². The molecule has 0 heterocycles. The number of fused-ring (bicyclic) bond motifs is 1. The fourth-order valence-corrected chi connectivity index (χ4v) is 1.90. The van der Waals surface area contributed by atoms with Gasteiger partial charge in [0, 0.05) is 0 Å². The molecular weight excluding hydrogens is 212 g/mol. The van der Waals surface area contributed by atoms with Gasteiger partial charge in [0.1, 0.15) is 0 Å². The van der Waals surface area contributed by atoms with Crippen molar-refractivity contribution in [3.8, 4) is 0 Å². The van der Waals surface area contributed by atoms with E-state index in [0.29, 0.717) is 5.56 Å². The van der Waals surface area contributed by atoms with Crippen molar-refractivity contribution in [2.75, 3.05) is 0 Å². The Morgan fingerprint density at radius 3 is 2.41 bits per heavy atom. The molecule has 0 fully saturated rings. The van der Waals surface area contributed by atoms with Gasteiger partial charge in [-0.3, -0.25) is 0 Å². The van der Waals surface area contributed by atoms with Gasteiger partial charge in [-0.2, -0.15) is 0 Å². The molecule has 0 radical (unpaired) electrons. The normalized spacial score (nSPS) is 10.1. The molecule has 0 aliphatic heterocycles. The van der Waals surface area contributed by atoms with Gasteiger partial charge in [-0.05, 0) is 34.0 Å². The molecule has 0 saturated carbocycles. The van der Waals surface area contributed by atoms with Crippen molar-refractivity contribution in [3.63, 3.8) is 0 Å². The number of carbonyl (C=O) groups is 1. The summed E-state index contributed by atoms with van der Waals surface area (Å²) in [5.41, 5.74) is 1.88. The molecule has 0 bridgehead atoms. The molecule has 17 heavy (non-hydrogen) atoms. The van der Waals surface area contributed by atoms with E-state index in [9.17, 15) is 4.79 Å². The molecule has 0 aliphatic rings. The highest BCUT2D eigenvalue weighted by Crippen LogP contribution is 2.25. The summed E-state index contributed by atoms with van der Waals surface area (Å²) in [5, 5.41) is 11.0. The van der Waals surface area contributed by atoms with Crippen LogP contribution in [-0.2, 0) is 0 Å². The van der Waals surface area contributed by atoms with E-state index in [2.05, 4.69) is 13.2 Å². The third-order valence-corrected chi connectivity index (χ3v) is 2.75. The predicted octanol–water partition coefficient (Wildman–Crippen LogP) is 3.82. The van der Waals surface area contributed by atoms with Gasteiger partial charge in [0.25, 0.3) is 0 Å². The zero-order valence-corrected chi connectivity index (χ0v) is 9.31. The predicted molar refractivity (Wildman–Crippen MR) is 71.1 cm³/mol. The van der Waals surface area contributed by atoms with E-state index in [-0.39, 0.29) is 5.56 Å². The van der Waals surface area contributed by atoms with Gasteiger partial charge < -0.3 is 5.11 Å². The molecule has 2 aromatic rings. The van der Waals surface area contributed by atoms with E-state index in [4.69, 9.17) is 5.11 Å². The van der Waals surface area contributed by atoms with E-state index in [0.717, 1.165) is 16.3 Å². The average Bonchev–Trinajstić information content (AvgIpc) is 2.36. The number of hydrogen-bond acceptors (Lipinski definition) is 1. The summed E-state index contributed by atoms with van der Waals surface area (Å²) in [4.78, 5) is 11.1. The number of carboxylic acids is 1. The smallest absolute Gasteiger partial charge is 0.336 e. The summed E-state index contributed by atoms with van der Waals surface area (Å²) in [7, 11) is 0. The summed E-state index contributed by atoms with van der Waals surface area (Å²) in [5.74, 6) is -0.939. The molecule has 0 saturated heterocycles. The average molecular weight is 224 g/mol. The summed E-state index contributed by atoms with van der Waals surface area (Å²) in [6.45, 7) is 7.40. The first-order valence-corrected chi connectivity index (χ1v) is 5.22. The molecular formula is C15H12O2. The summed E-state index contributed by atoms with van der Waals surface area (Å²) in [6.07, 6.45) is 3.32. The molecule has 2 heteroatoms. The van der Waals surface area contributed by atoms with Crippen molar-refractivity contribution < 1.29 is 9.90 Å². The van der Waals surface area contributed by atoms with Gasteiger partial charge in [0.2, 0.25) is 0 Å². The van der Waals surface area contributed by atoms with E-state index < -0.39 is 5.97 Å². The molecule has 2 nitrogen and oxygen atoms in total. The maximum Gasteiger partial charge on any atom is 0.336 e. The molecule has 84 valence electrons. The molecule has 0 aliphatic carbocycles. The molecule has 0 amide bonds. The Kier molecular flexibility index (Phi) is 2.79. The van der Waals surface area contributed by atoms with Crippen LogP contribution in [-0.4, -0.2) is 11.1 Å². The number of rotatable bonds is 3. The Hall–Kier alpha value is -2.35. The Labute approximate surface area is 99.5 Å². The lowest BCUT2D eigenvalue weighted by Crippen LogP contribution is -1.99. The topological polar surface area (TPSA) is 37.3 Å². The van der Waals surface area contributed by atoms with Crippen LogP contribution in [0.3, 0.4) is 0 Å². The van der Waals surface area contributed by atoms with Crippen molar-refractivity contribution in [1.29, 1.82) is 0 Å². The zero-order valence-electron chi connectivity index (χ0n) is 9.31. The Morgan fingerprint density at radius 1 is 1.12 bits per heavy atom. The van der Waals surface area contributed by atoms with Crippen LogP contribution in [0.5, 0.6) is 0 Å². The lowest BCUT2D eigenvalue weighted by Gasteiger charge is -2.07. The first-order valence-electron chi connectivity index (χ1n) is 5.22. The molecule has 0 atom stereocenters. The summed E-state index contributed by atoms with van der Waals surface area (Å²) in [6, 6.07) is 9.23. The first kappa shape index (κ1) is 11.1. The van der Waals surface area contributed by atoms with Crippen molar-refractivity contribution >= 4 is 28.9 Å². The molecule has 0 unspecified atom stereocenters. The van der Waals surface area contributed by atoms with Crippen LogP contribution in [0.2, 0.25) is 0 Å². The Balaban J connectivity index is 2.87. The summed E-state index contributed by atoms with van der Waals surface area (Å²) < 4.78 is 0. The maximum atomic E-state index is 11.1. The lowest BCUT2D eigenvalue weighted by molar-refractivity contribution is 0.0697. The van der Waals surface area contributed by atoms with E-state index >= 15 is 0 Å². The van der Waals surface area contributed by atoms with Gasteiger partial charge in [0.05, 0.1) is 5.56 Å². The minimum Gasteiger partial charge on any atom is -0.478 e. The van der Waals surface area contributed by atoms with Gasteiger partial charge in [-0.25, -0.2) is 4.79 Å². The van der Waals surface area contributed by atoms with Gasteiger partial charge in [-0.15, -0.1) is 0 Å². The van der Waals surface area contributed by atoms with Crippen LogP contribution in [0.15, 0.2) is 43.5 Å². The minimum atomic E-state index is -0.939. The van der Waals surface area contributed by atoms with Crippen LogP contribution in [0.4, 0.5) is 0 Å². The largest absolute Gasteiger partial charge is 0.478 e. The van der Waals surface area contributed by atoms with Crippen molar-refractivity contribution in [2.24, 2.45) is 0 Å². The maximum absolute atomic E-state index is 11.1. The summed E-state index contributed by atoms with van der Waals surface area (Å²) >= 11 is 0. The number of aromatic carboxylic acids is 1. The first-order chi connectivity index (χ1) is 8.17. The Bertz CT molecular complexity index is 624. The van der Waals surface area contributed by atoms with Crippen molar-refractivity contribution in [1.82, 2.24) is 0 Å². The monoisotopic (exact) mass is 224 g/mol. The quantitative estimate of drug-likeness (QED) is 0.860. The van der Waals surface area contributed by atoms with Crippen LogP contribution in [0, 0.1) is 0 Å². The molecule has 0 aromatic heterocycles. The van der Waals surface area contributed by atoms with Crippen LogP contribution in [0.25, 0.3) is 22.9 Å². The third-order valence-electron chi connectivity index (χ3n) is 2.75. The standard InChI is InChI=1S/C15H12O2/c1-3-10-6-5-7-12-9-14(15(16)17)11(4-2)8-13(10)12/h3-9H,1-2H2,(H,16,17). The fourth-order valence-electron chi connectivity index (χ4n) is 1.90. The van der Waals surface area contributed by atoms with E-state index in [1.54, 1.807) is 18.2 Å². The number of carboxylic acid groups (broad SMARTS) is 1. The van der Waals surface area contributed by atoms with E-state index in [1.807, 2.05) is 24.3 Å². The van der Waals surface area contributed by atoms with Crippen LogP contribution >= 0.6 is 0 Å². The highest BCUT2D eigenvalue weighted by Gasteiger charge is 2.10. The van der Waals surface area contributed by atoms with Gasteiger partial charge in [-0.1, -0.05) is 43.5 Å². The van der Waals surface area contributed by atoms with E-state index in [1.165, 1.54) is 0 Å². The second-order valence-electron chi connectivity index (χ2n) is 3.72. The Morgan fingerprint density at radius 2 is 1.82 bits per heavy atom. The van der Waals surface area contributed by atoms with Gasteiger partial charge in [0.15, 0.2) is 0 Å². The molecule has 2 aromatic carbocycles. The second kappa shape index (κ2) is 4.26. The highest BCUT2D eigenvalue weighted by atomic mass is 16.4. The molecule has 1 N–H and O–H groups in total. The van der Waals surface area contributed by atoms with Gasteiger partial charge >= 0.3 is 5.97 Å². The minimum absolute atomic E-state index is 0.272. The molecule has 2 rings (SSSR count). The van der Waals surface area contributed by atoms with Crippen molar-refractivity contribution in [2.45, 2.75) is 0 Å². The lowest BCUT2D eigenvalue weighted by atomic mass is 9.97. The zero-order chi connectivity index (χ0) is 12.4. The van der Waals surface area contributed by atoms with Crippen LogP contribution < -0.4 is 0 Å². The fraction of sp³-hybridized carbons (Fsp3) is 0.